The summed E-state index contributed by atoms with van der Waals surface area (Å²) in [4.78, 5) is 25.0. The average Bonchev–Trinajstić information content (AvgIpc) is 2.62. The Kier molecular flexibility index (Phi) is 5.65. The number of nitrogens with one attached hydrogen (secondary N) is 1. The summed E-state index contributed by atoms with van der Waals surface area (Å²) < 4.78 is 13.3. The number of amides is 1. The van der Waals surface area contributed by atoms with Gasteiger partial charge in [-0.15, -0.1) is 0 Å². The van der Waals surface area contributed by atoms with Crippen molar-refractivity contribution < 1.29 is 9.18 Å². The van der Waals surface area contributed by atoms with Crippen LogP contribution in [0.4, 0.5) is 16.0 Å². The van der Waals surface area contributed by atoms with Crippen LogP contribution in [0.1, 0.15) is 18.4 Å². The van der Waals surface area contributed by atoms with Crippen molar-refractivity contribution in [3.05, 3.63) is 48.0 Å². The molecule has 0 aliphatic carbocycles. The minimum Gasteiger partial charge on any atom is -0.363 e. The number of halogens is 1. The van der Waals surface area contributed by atoms with Gasteiger partial charge >= 0.3 is 0 Å². The number of aromatic nitrogens is 2. The van der Waals surface area contributed by atoms with Crippen molar-refractivity contribution >= 4 is 17.5 Å². The normalized spacial score (nSPS) is 17.0. The van der Waals surface area contributed by atoms with Crippen LogP contribution in [-0.2, 0) is 11.2 Å². The number of anilines is 2. The minimum absolute atomic E-state index is 0.0579. The molecule has 0 spiro atoms. The van der Waals surface area contributed by atoms with Crippen molar-refractivity contribution in [1.29, 1.82) is 0 Å². The van der Waals surface area contributed by atoms with Gasteiger partial charge in [0.15, 0.2) is 0 Å². The number of nitrogens with zero attached hydrogens (tertiary/aromatic N) is 4. The third-order valence-corrected chi connectivity index (χ3v) is 4.46. The number of rotatable bonds is 5. The fourth-order valence-corrected chi connectivity index (χ4v) is 3.17. The SMILES string of the molecule is CN(C)c1cc(N2CCCC(NC(=O)Cc3cccc(F)c3)C2)ncn1. The summed E-state index contributed by atoms with van der Waals surface area (Å²) in [6.07, 6.45) is 3.66. The van der Waals surface area contributed by atoms with Crippen LogP contribution in [-0.4, -0.2) is 49.1 Å². The maximum absolute atomic E-state index is 13.3. The van der Waals surface area contributed by atoms with Gasteiger partial charge in [0.05, 0.1) is 6.42 Å². The lowest BCUT2D eigenvalue weighted by Gasteiger charge is -2.34. The van der Waals surface area contributed by atoms with E-state index in [-0.39, 0.29) is 24.2 Å². The molecule has 1 aromatic heterocycles. The standard InChI is InChI=1S/C19H24FN5O/c1-24(2)17-11-18(22-13-21-17)25-8-4-7-16(12-25)23-19(26)10-14-5-3-6-15(20)9-14/h3,5-6,9,11,13,16H,4,7-8,10,12H2,1-2H3,(H,23,26). The van der Waals surface area contributed by atoms with Crippen molar-refractivity contribution in [3.8, 4) is 0 Å². The van der Waals surface area contributed by atoms with Crippen LogP contribution in [0.15, 0.2) is 36.7 Å². The molecule has 3 rings (SSSR count). The predicted molar refractivity (Wildman–Crippen MR) is 99.8 cm³/mol. The molecule has 7 heteroatoms. The summed E-state index contributed by atoms with van der Waals surface area (Å²) in [5, 5.41) is 3.07. The van der Waals surface area contributed by atoms with E-state index in [0.29, 0.717) is 12.1 Å². The second-order valence-electron chi connectivity index (χ2n) is 6.79. The summed E-state index contributed by atoms with van der Waals surface area (Å²) in [6.45, 7) is 1.61. The molecule has 26 heavy (non-hydrogen) atoms. The monoisotopic (exact) mass is 357 g/mol. The molecule has 0 saturated carbocycles. The lowest BCUT2D eigenvalue weighted by Crippen LogP contribution is -2.48. The first-order valence-corrected chi connectivity index (χ1v) is 8.79. The molecular weight excluding hydrogens is 333 g/mol. The molecule has 0 bridgehead atoms. The topological polar surface area (TPSA) is 61.4 Å². The molecule has 2 aromatic rings. The molecule has 1 atom stereocenters. The van der Waals surface area contributed by atoms with Crippen molar-refractivity contribution in [2.24, 2.45) is 0 Å². The van der Waals surface area contributed by atoms with Crippen molar-refractivity contribution in [2.75, 3.05) is 37.0 Å². The summed E-state index contributed by atoms with van der Waals surface area (Å²) >= 11 is 0. The Morgan fingerprint density at radius 3 is 2.96 bits per heavy atom. The van der Waals surface area contributed by atoms with E-state index in [1.165, 1.54) is 12.1 Å². The van der Waals surface area contributed by atoms with Gasteiger partial charge in [-0.3, -0.25) is 4.79 Å². The smallest absolute Gasteiger partial charge is 0.224 e. The molecule has 6 nitrogen and oxygen atoms in total. The highest BCUT2D eigenvalue weighted by molar-refractivity contribution is 5.79. The van der Waals surface area contributed by atoms with Crippen LogP contribution < -0.4 is 15.1 Å². The third-order valence-electron chi connectivity index (χ3n) is 4.46. The molecule has 1 aliphatic heterocycles. The second kappa shape index (κ2) is 8.12. The number of hydrogen-bond donors (Lipinski definition) is 1. The molecule has 1 aromatic carbocycles. The molecule has 0 radical (unpaired) electrons. The summed E-state index contributed by atoms with van der Waals surface area (Å²) in [5.41, 5.74) is 0.682. The Balaban J connectivity index is 1.60. The zero-order chi connectivity index (χ0) is 18.5. The molecule has 1 fully saturated rings. The highest BCUT2D eigenvalue weighted by Crippen LogP contribution is 2.20. The number of piperidine rings is 1. The Morgan fingerprint density at radius 1 is 1.35 bits per heavy atom. The van der Waals surface area contributed by atoms with E-state index in [2.05, 4.69) is 20.2 Å². The molecule has 138 valence electrons. The van der Waals surface area contributed by atoms with Gasteiger partial charge in [0, 0.05) is 39.3 Å². The van der Waals surface area contributed by atoms with Crippen LogP contribution in [0.2, 0.25) is 0 Å². The first-order chi connectivity index (χ1) is 12.5. The Labute approximate surface area is 153 Å². The molecule has 1 unspecified atom stereocenters. The van der Waals surface area contributed by atoms with E-state index < -0.39 is 0 Å². The number of hydrogen-bond acceptors (Lipinski definition) is 5. The van der Waals surface area contributed by atoms with E-state index >= 15 is 0 Å². The number of carbonyl (C=O) groups excluding carboxylic acids is 1. The lowest BCUT2D eigenvalue weighted by molar-refractivity contribution is -0.121. The zero-order valence-corrected chi connectivity index (χ0v) is 15.2. The van der Waals surface area contributed by atoms with Crippen LogP contribution >= 0.6 is 0 Å². The van der Waals surface area contributed by atoms with Crippen LogP contribution in [0.25, 0.3) is 0 Å². The maximum Gasteiger partial charge on any atom is 0.224 e. The third kappa shape index (κ3) is 4.68. The van der Waals surface area contributed by atoms with Crippen molar-refractivity contribution in [1.82, 2.24) is 15.3 Å². The van der Waals surface area contributed by atoms with Gasteiger partial charge in [0.25, 0.3) is 0 Å². The molecule has 1 amide bonds. The Bertz CT molecular complexity index is 767. The van der Waals surface area contributed by atoms with Gasteiger partial charge in [-0.2, -0.15) is 0 Å². The molecule has 1 saturated heterocycles. The van der Waals surface area contributed by atoms with Gasteiger partial charge in [0.2, 0.25) is 5.91 Å². The first kappa shape index (κ1) is 18.1. The van der Waals surface area contributed by atoms with Crippen LogP contribution in [0.5, 0.6) is 0 Å². The highest BCUT2D eigenvalue weighted by Gasteiger charge is 2.23. The van der Waals surface area contributed by atoms with E-state index in [9.17, 15) is 9.18 Å². The number of benzene rings is 1. The average molecular weight is 357 g/mol. The first-order valence-electron chi connectivity index (χ1n) is 8.79. The lowest BCUT2D eigenvalue weighted by atomic mass is 10.0. The van der Waals surface area contributed by atoms with Crippen molar-refractivity contribution in [3.63, 3.8) is 0 Å². The van der Waals surface area contributed by atoms with Crippen molar-refractivity contribution in [2.45, 2.75) is 25.3 Å². The highest BCUT2D eigenvalue weighted by atomic mass is 19.1. The van der Waals surface area contributed by atoms with E-state index in [1.54, 1.807) is 18.5 Å². The minimum atomic E-state index is -0.320. The van der Waals surface area contributed by atoms with Gasteiger partial charge in [-0.05, 0) is 30.5 Å². The summed E-state index contributed by atoms with van der Waals surface area (Å²) in [7, 11) is 3.88. The van der Waals surface area contributed by atoms with E-state index in [1.807, 2.05) is 25.1 Å². The predicted octanol–water partition coefficient (Wildman–Crippen LogP) is 2.01. The van der Waals surface area contributed by atoms with Gasteiger partial charge in [-0.1, -0.05) is 12.1 Å². The van der Waals surface area contributed by atoms with Crippen LogP contribution in [0.3, 0.4) is 0 Å². The van der Waals surface area contributed by atoms with E-state index in [0.717, 1.165) is 31.0 Å². The van der Waals surface area contributed by atoms with Gasteiger partial charge < -0.3 is 15.1 Å². The molecule has 2 heterocycles. The quantitative estimate of drug-likeness (QED) is 0.887. The van der Waals surface area contributed by atoms with Gasteiger partial charge in [-0.25, -0.2) is 14.4 Å². The summed E-state index contributed by atoms with van der Waals surface area (Å²) in [6, 6.07) is 8.18. The number of carbonyl (C=O) groups is 1. The van der Waals surface area contributed by atoms with Crippen LogP contribution in [0, 0.1) is 5.82 Å². The fraction of sp³-hybridized carbons (Fsp3) is 0.421. The van der Waals surface area contributed by atoms with E-state index in [4.69, 9.17) is 0 Å². The molecular formula is C19H24FN5O. The Morgan fingerprint density at radius 2 is 2.19 bits per heavy atom. The largest absolute Gasteiger partial charge is 0.363 e. The van der Waals surface area contributed by atoms with Gasteiger partial charge in [0.1, 0.15) is 23.8 Å². The fourth-order valence-electron chi connectivity index (χ4n) is 3.17. The molecule has 1 N–H and O–H groups in total. The molecule has 1 aliphatic rings. The Hall–Kier alpha value is -2.70. The summed E-state index contributed by atoms with van der Waals surface area (Å²) in [5.74, 6) is 1.32. The zero-order valence-electron chi connectivity index (χ0n) is 15.2. The maximum atomic E-state index is 13.3. The second-order valence-corrected chi connectivity index (χ2v) is 6.79.